The number of nitrogens with one attached hydrogen (secondary N) is 2. The molecule has 0 saturated carbocycles. The molecule has 1 unspecified atom stereocenters. The third kappa shape index (κ3) is 4.10. The third-order valence-electron chi connectivity index (χ3n) is 4.83. The maximum absolute atomic E-state index is 12.5. The summed E-state index contributed by atoms with van der Waals surface area (Å²) in [6.07, 6.45) is 4.71. The molecule has 23 heavy (non-hydrogen) atoms. The van der Waals surface area contributed by atoms with Crippen molar-refractivity contribution >= 4 is 17.5 Å². The summed E-state index contributed by atoms with van der Waals surface area (Å²) in [6, 6.07) is 9.52. The van der Waals surface area contributed by atoms with Crippen LogP contribution in [0.25, 0.3) is 0 Å². The van der Waals surface area contributed by atoms with Crippen LogP contribution in [0.4, 0.5) is 5.69 Å². The second-order valence-corrected chi connectivity index (χ2v) is 6.46. The average molecular weight is 315 g/mol. The molecular formula is C18H25N3O2. The van der Waals surface area contributed by atoms with E-state index in [1.807, 2.05) is 35.2 Å². The fourth-order valence-electron chi connectivity index (χ4n) is 3.41. The van der Waals surface area contributed by atoms with Gasteiger partial charge in [0, 0.05) is 24.7 Å². The van der Waals surface area contributed by atoms with Crippen LogP contribution in [-0.4, -0.2) is 42.4 Å². The highest BCUT2D eigenvalue weighted by molar-refractivity contribution is 5.92. The predicted octanol–water partition coefficient (Wildman–Crippen LogP) is 2.01. The molecule has 124 valence electrons. The standard InChI is InChI=1S/C18H25N3O2/c22-17(20-15-6-2-1-3-7-15)14-9-12-21(13-10-14)18(23)16-8-4-5-11-19-16/h1-3,6-7,14,16,19H,4-5,8-13H2,(H,20,22). The Hall–Kier alpha value is -1.88. The van der Waals surface area contributed by atoms with Crippen LogP contribution in [0.15, 0.2) is 30.3 Å². The Morgan fingerprint density at radius 2 is 1.78 bits per heavy atom. The fraction of sp³-hybridized carbons (Fsp3) is 0.556. The van der Waals surface area contributed by atoms with Gasteiger partial charge in [-0.15, -0.1) is 0 Å². The number of carbonyl (C=O) groups is 2. The average Bonchev–Trinajstić information content (AvgIpc) is 2.63. The van der Waals surface area contributed by atoms with E-state index in [1.54, 1.807) is 0 Å². The molecule has 1 aromatic carbocycles. The van der Waals surface area contributed by atoms with E-state index >= 15 is 0 Å². The molecule has 0 spiro atoms. The van der Waals surface area contributed by atoms with Gasteiger partial charge in [0.2, 0.25) is 11.8 Å². The molecule has 1 aromatic rings. The highest BCUT2D eigenvalue weighted by Crippen LogP contribution is 2.21. The van der Waals surface area contributed by atoms with Gasteiger partial charge in [0.15, 0.2) is 0 Å². The summed E-state index contributed by atoms with van der Waals surface area (Å²) in [7, 11) is 0. The third-order valence-corrected chi connectivity index (χ3v) is 4.83. The zero-order valence-electron chi connectivity index (χ0n) is 13.5. The van der Waals surface area contributed by atoms with Crippen molar-refractivity contribution in [2.45, 2.75) is 38.1 Å². The van der Waals surface area contributed by atoms with Crippen molar-refractivity contribution in [3.63, 3.8) is 0 Å². The van der Waals surface area contributed by atoms with Gasteiger partial charge < -0.3 is 15.5 Å². The van der Waals surface area contributed by atoms with Crippen LogP contribution < -0.4 is 10.6 Å². The molecule has 5 nitrogen and oxygen atoms in total. The first kappa shape index (κ1) is 16.0. The lowest BCUT2D eigenvalue weighted by Crippen LogP contribution is -2.51. The number of hydrogen-bond acceptors (Lipinski definition) is 3. The van der Waals surface area contributed by atoms with Crippen LogP contribution in [-0.2, 0) is 9.59 Å². The van der Waals surface area contributed by atoms with Gasteiger partial charge in [0.25, 0.3) is 0 Å². The minimum atomic E-state index is -0.0153. The van der Waals surface area contributed by atoms with Crippen molar-refractivity contribution in [2.75, 3.05) is 25.0 Å². The van der Waals surface area contributed by atoms with Crippen LogP contribution >= 0.6 is 0 Å². The lowest BCUT2D eigenvalue weighted by molar-refractivity contribution is -0.137. The Labute approximate surface area is 137 Å². The smallest absolute Gasteiger partial charge is 0.239 e. The Kier molecular flexibility index (Phi) is 5.28. The molecule has 0 aliphatic carbocycles. The van der Waals surface area contributed by atoms with E-state index in [4.69, 9.17) is 0 Å². The molecule has 5 heteroatoms. The van der Waals surface area contributed by atoms with Crippen LogP contribution in [0, 0.1) is 5.92 Å². The van der Waals surface area contributed by atoms with Gasteiger partial charge in [-0.3, -0.25) is 9.59 Å². The maximum Gasteiger partial charge on any atom is 0.239 e. The van der Waals surface area contributed by atoms with Crippen LogP contribution in [0.5, 0.6) is 0 Å². The monoisotopic (exact) mass is 315 g/mol. The summed E-state index contributed by atoms with van der Waals surface area (Å²) < 4.78 is 0. The van der Waals surface area contributed by atoms with E-state index in [-0.39, 0.29) is 23.8 Å². The van der Waals surface area contributed by atoms with Crippen LogP contribution in [0.3, 0.4) is 0 Å². The van der Waals surface area contributed by atoms with Gasteiger partial charge in [0.05, 0.1) is 6.04 Å². The molecule has 2 heterocycles. The van der Waals surface area contributed by atoms with E-state index < -0.39 is 0 Å². The molecule has 2 N–H and O–H groups in total. The number of benzene rings is 1. The first-order valence-corrected chi connectivity index (χ1v) is 8.62. The SMILES string of the molecule is O=C(Nc1ccccc1)C1CCN(C(=O)C2CCCCN2)CC1. The summed E-state index contributed by atoms with van der Waals surface area (Å²) in [5, 5.41) is 6.28. The van der Waals surface area contributed by atoms with E-state index in [0.717, 1.165) is 44.3 Å². The Balaban J connectivity index is 1.48. The first-order valence-electron chi connectivity index (χ1n) is 8.62. The van der Waals surface area contributed by atoms with Crippen LogP contribution in [0.2, 0.25) is 0 Å². The van der Waals surface area contributed by atoms with Crippen molar-refractivity contribution in [3.8, 4) is 0 Å². The largest absolute Gasteiger partial charge is 0.341 e. The number of hydrogen-bond donors (Lipinski definition) is 2. The number of para-hydroxylation sites is 1. The number of nitrogens with zero attached hydrogens (tertiary/aromatic N) is 1. The molecule has 2 aliphatic rings. The number of carbonyl (C=O) groups excluding carboxylic acids is 2. The van der Waals surface area contributed by atoms with E-state index in [9.17, 15) is 9.59 Å². The van der Waals surface area contributed by atoms with Gasteiger partial charge in [0.1, 0.15) is 0 Å². The van der Waals surface area contributed by atoms with Crippen molar-refractivity contribution in [1.29, 1.82) is 0 Å². The molecular weight excluding hydrogens is 290 g/mol. The Bertz CT molecular complexity index is 532. The zero-order valence-corrected chi connectivity index (χ0v) is 13.5. The van der Waals surface area contributed by atoms with Crippen LogP contribution in [0.1, 0.15) is 32.1 Å². The molecule has 0 bridgehead atoms. The summed E-state index contributed by atoms with van der Waals surface area (Å²) in [6.45, 7) is 2.31. The van der Waals surface area contributed by atoms with Gasteiger partial charge in [-0.05, 0) is 44.4 Å². The molecule has 2 amide bonds. The maximum atomic E-state index is 12.5. The Morgan fingerprint density at radius 3 is 2.43 bits per heavy atom. The quantitative estimate of drug-likeness (QED) is 0.897. The number of amides is 2. The minimum Gasteiger partial charge on any atom is -0.341 e. The normalized spacial score (nSPS) is 22.6. The molecule has 1 atom stereocenters. The molecule has 2 fully saturated rings. The predicted molar refractivity (Wildman–Crippen MR) is 90.0 cm³/mol. The Morgan fingerprint density at radius 1 is 1.04 bits per heavy atom. The van der Waals surface area contributed by atoms with Crippen molar-refractivity contribution in [3.05, 3.63) is 30.3 Å². The fourth-order valence-corrected chi connectivity index (χ4v) is 3.41. The van der Waals surface area contributed by atoms with Gasteiger partial charge >= 0.3 is 0 Å². The topological polar surface area (TPSA) is 61.4 Å². The van der Waals surface area contributed by atoms with Crippen molar-refractivity contribution < 1.29 is 9.59 Å². The summed E-state index contributed by atoms with van der Waals surface area (Å²) in [5.41, 5.74) is 0.836. The zero-order chi connectivity index (χ0) is 16.1. The van der Waals surface area contributed by atoms with Crippen molar-refractivity contribution in [1.82, 2.24) is 10.2 Å². The summed E-state index contributed by atoms with van der Waals surface area (Å²) >= 11 is 0. The highest BCUT2D eigenvalue weighted by atomic mass is 16.2. The molecule has 0 aromatic heterocycles. The lowest BCUT2D eigenvalue weighted by Gasteiger charge is -2.35. The lowest BCUT2D eigenvalue weighted by atomic mass is 9.94. The number of likely N-dealkylation sites (tertiary alicyclic amines) is 1. The highest BCUT2D eigenvalue weighted by Gasteiger charge is 2.31. The van der Waals surface area contributed by atoms with Gasteiger partial charge in [-0.2, -0.15) is 0 Å². The number of piperidine rings is 2. The van der Waals surface area contributed by atoms with E-state index in [1.165, 1.54) is 0 Å². The van der Waals surface area contributed by atoms with Crippen molar-refractivity contribution in [2.24, 2.45) is 5.92 Å². The van der Waals surface area contributed by atoms with E-state index in [0.29, 0.717) is 13.1 Å². The second-order valence-electron chi connectivity index (χ2n) is 6.46. The summed E-state index contributed by atoms with van der Waals surface area (Å²) in [5.74, 6) is 0.282. The second kappa shape index (κ2) is 7.59. The first-order chi connectivity index (χ1) is 11.2. The number of anilines is 1. The summed E-state index contributed by atoms with van der Waals surface area (Å²) in [4.78, 5) is 26.7. The van der Waals surface area contributed by atoms with Gasteiger partial charge in [-0.25, -0.2) is 0 Å². The number of rotatable bonds is 3. The molecule has 0 radical (unpaired) electrons. The minimum absolute atomic E-state index is 0.00132. The molecule has 2 aliphatic heterocycles. The molecule has 2 saturated heterocycles. The van der Waals surface area contributed by atoms with E-state index in [2.05, 4.69) is 10.6 Å². The molecule has 3 rings (SSSR count). The van der Waals surface area contributed by atoms with Gasteiger partial charge in [-0.1, -0.05) is 24.6 Å².